The van der Waals surface area contributed by atoms with Gasteiger partial charge in [-0.25, -0.2) is 0 Å². The summed E-state index contributed by atoms with van der Waals surface area (Å²) in [6.45, 7) is 0.849. The van der Waals surface area contributed by atoms with Gasteiger partial charge in [-0.1, -0.05) is 0 Å². The van der Waals surface area contributed by atoms with E-state index in [9.17, 15) is 0 Å². The average Bonchev–Trinajstić information content (AvgIpc) is 2.65. The Morgan fingerprint density at radius 3 is 2.60 bits per heavy atom. The van der Waals surface area contributed by atoms with Crippen LogP contribution in [0.3, 0.4) is 0 Å². The Hall–Kier alpha value is -0.260. The van der Waals surface area contributed by atoms with E-state index in [4.69, 9.17) is 23.2 Å². The van der Waals surface area contributed by atoms with Crippen LogP contribution in [0.25, 0.3) is 0 Å². The molecule has 4 nitrogen and oxygen atoms in total. The highest BCUT2D eigenvalue weighted by atomic mass is 35.5. The van der Waals surface area contributed by atoms with Crippen molar-refractivity contribution in [3.8, 4) is 0 Å². The Labute approximate surface area is 102 Å². The first-order chi connectivity index (χ1) is 7.24. The molecule has 1 saturated heterocycles. The molecule has 2 heterocycles. The summed E-state index contributed by atoms with van der Waals surface area (Å²) < 4.78 is 0. The number of rotatable bonds is 3. The van der Waals surface area contributed by atoms with Gasteiger partial charge in [0.15, 0.2) is 0 Å². The van der Waals surface area contributed by atoms with Gasteiger partial charge in [0.1, 0.15) is 0 Å². The van der Waals surface area contributed by atoms with Crippen LogP contribution < -0.4 is 5.32 Å². The number of hydrogen-bond donors (Lipinski definition) is 1. The molecule has 1 atom stereocenters. The Balaban J connectivity index is 1.92. The Morgan fingerprint density at radius 1 is 1.27 bits per heavy atom. The molecule has 0 bridgehead atoms. The molecule has 1 N–H and O–H groups in total. The van der Waals surface area contributed by atoms with Crippen LogP contribution in [-0.4, -0.2) is 32.5 Å². The molecule has 82 valence electrons. The van der Waals surface area contributed by atoms with Crippen molar-refractivity contribution in [1.82, 2.24) is 15.0 Å². The van der Waals surface area contributed by atoms with Gasteiger partial charge < -0.3 is 5.32 Å². The molecular formula is C8H10Cl2N4S. The van der Waals surface area contributed by atoms with Crippen molar-refractivity contribution in [3.63, 3.8) is 0 Å². The lowest BCUT2D eigenvalue weighted by atomic mass is 10.2. The van der Waals surface area contributed by atoms with Crippen molar-refractivity contribution in [1.29, 1.82) is 0 Å². The summed E-state index contributed by atoms with van der Waals surface area (Å²) in [6, 6.07) is 0. The average molecular weight is 265 g/mol. The molecule has 2 rings (SSSR count). The summed E-state index contributed by atoms with van der Waals surface area (Å²) >= 11 is 13.3. The van der Waals surface area contributed by atoms with E-state index in [1.165, 1.54) is 18.6 Å². The minimum absolute atomic E-state index is 0.122. The number of nitrogens with zero attached hydrogens (tertiary/aromatic N) is 3. The first-order valence-electron chi connectivity index (χ1n) is 4.66. The van der Waals surface area contributed by atoms with Crippen LogP contribution >= 0.6 is 35.0 Å². The van der Waals surface area contributed by atoms with Crippen molar-refractivity contribution >= 4 is 40.9 Å². The molecule has 7 heteroatoms. The molecule has 15 heavy (non-hydrogen) atoms. The maximum absolute atomic E-state index is 5.65. The number of halogens is 2. The molecule has 0 spiro atoms. The third-order valence-electron chi connectivity index (χ3n) is 2.09. The van der Waals surface area contributed by atoms with E-state index < -0.39 is 0 Å². The summed E-state index contributed by atoms with van der Waals surface area (Å²) in [6.07, 6.45) is 2.53. The summed E-state index contributed by atoms with van der Waals surface area (Å²) in [5, 5.41) is 4.00. The highest BCUT2D eigenvalue weighted by molar-refractivity contribution is 8.00. The van der Waals surface area contributed by atoms with E-state index >= 15 is 0 Å². The van der Waals surface area contributed by atoms with Crippen molar-refractivity contribution in [3.05, 3.63) is 10.6 Å². The lowest BCUT2D eigenvalue weighted by Crippen LogP contribution is -2.15. The first-order valence-corrected chi connectivity index (χ1v) is 6.47. The number of hydrogen-bond acceptors (Lipinski definition) is 5. The predicted octanol–water partition coefficient (Wildman–Crippen LogP) is 2.49. The zero-order valence-corrected chi connectivity index (χ0v) is 10.2. The van der Waals surface area contributed by atoms with Gasteiger partial charge in [-0.3, -0.25) is 0 Å². The second-order valence-electron chi connectivity index (χ2n) is 3.21. The third-order valence-corrected chi connectivity index (χ3v) is 3.83. The minimum Gasteiger partial charge on any atom is -0.353 e. The minimum atomic E-state index is 0.122. The number of nitrogens with one attached hydrogen (secondary N) is 1. The SMILES string of the molecule is Clc1nc(Cl)nc(NCC2CCCS2)n1. The standard InChI is InChI=1S/C8H10Cl2N4S/c9-6-12-7(10)14-8(13-6)11-4-5-2-1-3-15-5/h5H,1-4H2,(H,11,12,13,14). The molecular weight excluding hydrogens is 255 g/mol. The largest absolute Gasteiger partial charge is 0.353 e. The number of thioether (sulfide) groups is 1. The van der Waals surface area contributed by atoms with Gasteiger partial charge in [0.2, 0.25) is 16.5 Å². The van der Waals surface area contributed by atoms with Gasteiger partial charge in [-0.15, -0.1) is 0 Å². The fourth-order valence-electron chi connectivity index (χ4n) is 1.42. The Kier molecular flexibility index (Phi) is 3.88. The predicted molar refractivity (Wildman–Crippen MR) is 63.8 cm³/mol. The number of aromatic nitrogens is 3. The molecule has 1 aliphatic heterocycles. The van der Waals surface area contributed by atoms with Crippen LogP contribution in [0.15, 0.2) is 0 Å². The quantitative estimate of drug-likeness (QED) is 0.909. The van der Waals surface area contributed by atoms with Gasteiger partial charge in [0.05, 0.1) is 0 Å². The zero-order valence-electron chi connectivity index (χ0n) is 7.91. The van der Waals surface area contributed by atoms with Crippen LogP contribution in [0.2, 0.25) is 10.6 Å². The van der Waals surface area contributed by atoms with E-state index in [0.29, 0.717) is 11.2 Å². The maximum Gasteiger partial charge on any atom is 0.228 e. The summed E-state index contributed by atoms with van der Waals surface area (Å²) in [5.41, 5.74) is 0. The molecule has 0 aliphatic carbocycles. The highest BCUT2D eigenvalue weighted by Crippen LogP contribution is 2.26. The van der Waals surface area contributed by atoms with E-state index in [2.05, 4.69) is 20.3 Å². The molecule has 1 fully saturated rings. The molecule has 1 aliphatic rings. The summed E-state index contributed by atoms with van der Waals surface area (Å²) in [7, 11) is 0. The topological polar surface area (TPSA) is 50.7 Å². The fraction of sp³-hybridized carbons (Fsp3) is 0.625. The van der Waals surface area contributed by atoms with Gasteiger partial charge in [0, 0.05) is 11.8 Å². The molecule has 0 radical (unpaired) electrons. The molecule has 0 aromatic carbocycles. The fourth-order valence-corrected chi connectivity index (χ4v) is 2.98. The molecule has 1 aromatic heterocycles. The Morgan fingerprint density at radius 2 is 2.00 bits per heavy atom. The smallest absolute Gasteiger partial charge is 0.228 e. The first kappa shape index (κ1) is 11.2. The molecule has 1 unspecified atom stereocenters. The van der Waals surface area contributed by atoms with Crippen molar-refractivity contribution in [2.75, 3.05) is 17.6 Å². The van der Waals surface area contributed by atoms with Crippen LogP contribution in [0.5, 0.6) is 0 Å². The third kappa shape index (κ3) is 3.36. The second kappa shape index (κ2) is 5.18. The van der Waals surface area contributed by atoms with E-state index in [1.54, 1.807) is 0 Å². The maximum atomic E-state index is 5.65. The Bertz CT molecular complexity index is 323. The monoisotopic (exact) mass is 264 g/mol. The lowest BCUT2D eigenvalue weighted by molar-refractivity contribution is 0.799. The summed E-state index contributed by atoms with van der Waals surface area (Å²) in [4.78, 5) is 11.5. The van der Waals surface area contributed by atoms with E-state index in [1.807, 2.05) is 11.8 Å². The normalized spacial score (nSPS) is 20.5. The van der Waals surface area contributed by atoms with Crippen LogP contribution in [-0.2, 0) is 0 Å². The van der Waals surface area contributed by atoms with Crippen LogP contribution in [0.1, 0.15) is 12.8 Å². The highest BCUT2D eigenvalue weighted by Gasteiger charge is 2.15. The van der Waals surface area contributed by atoms with E-state index in [0.717, 1.165) is 6.54 Å². The van der Waals surface area contributed by atoms with Gasteiger partial charge >= 0.3 is 0 Å². The van der Waals surface area contributed by atoms with Crippen molar-refractivity contribution in [2.45, 2.75) is 18.1 Å². The lowest BCUT2D eigenvalue weighted by Gasteiger charge is -2.09. The van der Waals surface area contributed by atoms with Gasteiger partial charge in [0.25, 0.3) is 0 Å². The van der Waals surface area contributed by atoms with Crippen LogP contribution in [0, 0.1) is 0 Å². The second-order valence-corrected chi connectivity index (χ2v) is 5.30. The molecule has 0 amide bonds. The molecule has 0 saturated carbocycles. The number of anilines is 1. The van der Waals surface area contributed by atoms with Crippen molar-refractivity contribution in [2.24, 2.45) is 0 Å². The van der Waals surface area contributed by atoms with Gasteiger partial charge in [-0.2, -0.15) is 26.7 Å². The zero-order chi connectivity index (χ0) is 10.7. The molecule has 1 aromatic rings. The van der Waals surface area contributed by atoms with Crippen LogP contribution in [0.4, 0.5) is 5.95 Å². The van der Waals surface area contributed by atoms with E-state index in [-0.39, 0.29) is 10.6 Å². The summed E-state index contributed by atoms with van der Waals surface area (Å²) in [5.74, 6) is 1.69. The van der Waals surface area contributed by atoms with Crippen molar-refractivity contribution < 1.29 is 0 Å². The van der Waals surface area contributed by atoms with Gasteiger partial charge in [-0.05, 0) is 41.8 Å².